The van der Waals surface area contributed by atoms with Crippen LogP contribution >= 0.6 is 0 Å². The summed E-state index contributed by atoms with van der Waals surface area (Å²) in [7, 11) is 3.53. The highest BCUT2D eigenvalue weighted by atomic mass is 15.3. The van der Waals surface area contributed by atoms with Crippen LogP contribution in [0.2, 0.25) is 0 Å². The Labute approximate surface area is 134 Å². The van der Waals surface area contributed by atoms with E-state index in [0.717, 1.165) is 22.5 Å². The minimum absolute atomic E-state index is 0.667. The van der Waals surface area contributed by atoms with Crippen molar-refractivity contribution in [2.45, 2.75) is 0 Å². The normalized spacial score (nSPS) is 11.3. The number of nitrogens with one attached hydrogen (secondary N) is 2. The van der Waals surface area contributed by atoms with Crippen molar-refractivity contribution in [3.05, 3.63) is 55.4 Å². The second-order valence-electron chi connectivity index (χ2n) is 4.76. The standard InChI is InChI=1S/C16H17N7/c1-17-16(18-2)22-14-6-5-12(13-4-3-7-19-9-13)8-15(14)23-11-20-10-21-23/h3-11H,1-2H3,(H2,17,18,22). The number of benzene rings is 1. The van der Waals surface area contributed by atoms with Crippen molar-refractivity contribution in [2.24, 2.45) is 4.99 Å². The summed E-state index contributed by atoms with van der Waals surface area (Å²) in [5.74, 6) is 0.667. The highest BCUT2D eigenvalue weighted by Crippen LogP contribution is 2.27. The van der Waals surface area contributed by atoms with Gasteiger partial charge in [-0.05, 0) is 23.8 Å². The lowest BCUT2D eigenvalue weighted by atomic mass is 10.1. The van der Waals surface area contributed by atoms with E-state index >= 15 is 0 Å². The summed E-state index contributed by atoms with van der Waals surface area (Å²) in [5.41, 5.74) is 3.84. The molecule has 7 nitrogen and oxygen atoms in total. The molecule has 0 saturated carbocycles. The Bertz CT molecular complexity index is 795. The fraction of sp³-hybridized carbons (Fsp3) is 0.125. The average molecular weight is 307 g/mol. The maximum atomic E-state index is 4.23. The highest BCUT2D eigenvalue weighted by molar-refractivity contribution is 5.95. The number of aromatic nitrogens is 4. The first-order valence-corrected chi connectivity index (χ1v) is 7.13. The van der Waals surface area contributed by atoms with Crippen molar-refractivity contribution in [2.75, 3.05) is 19.4 Å². The number of hydrogen-bond donors (Lipinski definition) is 2. The van der Waals surface area contributed by atoms with E-state index in [1.807, 2.05) is 43.6 Å². The average Bonchev–Trinajstić information content (AvgIpc) is 3.15. The number of aliphatic imine (C=N–C) groups is 1. The zero-order valence-electron chi connectivity index (χ0n) is 12.9. The molecule has 0 saturated heterocycles. The largest absolute Gasteiger partial charge is 0.359 e. The first kappa shape index (κ1) is 14.7. The van der Waals surface area contributed by atoms with Gasteiger partial charge in [0.15, 0.2) is 5.96 Å². The second kappa shape index (κ2) is 6.69. The van der Waals surface area contributed by atoms with Crippen LogP contribution in [-0.2, 0) is 0 Å². The number of hydrogen-bond acceptors (Lipinski definition) is 4. The fourth-order valence-electron chi connectivity index (χ4n) is 2.23. The molecule has 0 radical (unpaired) electrons. The van der Waals surface area contributed by atoms with Crippen LogP contribution in [0.15, 0.2) is 60.4 Å². The molecule has 2 heterocycles. The summed E-state index contributed by atoms with van der Waals surface area (Å²) in [6.45, 7) is 0. The lowest BCUT2D eigenvalue weighted by molar-refractivity contribution is 0.881. The Morgan fingerprint density at radius 1 is 1.17 bits per heavy atom. The van der Waals surface area contributed by atoms with Crippen molar-refractivity contribution in [1.29, 1.82) is 0 Å². The molecule has 7 heteroatoms. The topological polar surface area (TPSA) is 80.0 Å². The van der Waals surface area contributed by atoms with Gasteiger partial charge in [-0.2, -0.15) is 5.10 Å². The van der Waals surface area contributed by atoms with E-state index in [9.17, 15) is 0 Å². The maximum Gasteiger partial charge on any atom is 0.195 e. The molecule has 0 unspecified atom stereocenters. The van der Waals surface area contributed by atoms with Crippen molar-refractivity contribution >= 4 is 11.6 Å². The van der Waals surface area contributed by atoms with Crippen LogP contribution in [0.3, 0.4) is 0 Å². The van der Waals surface area contributed by atoms with Crippen LogP contribution in [-0.4, -0.2) is 39.8 Å². The third-order valence-electron chi connectivity index (χ3n) is 3.37. The van der Waals surface area contributed by atoms with Gasteiger partial charge in [0.25, 0.3) is 0 Å². The van der Waals surface area contributed by atoms with Gasteiger partial charge in [0.2, 0.25) is 0 Å². The van der Waals surface area contributed by atoms with Crippen LogP contribution in [0.25, 0.3) is 16.8 Å². The van der Waals surface area contributed by atoms with Crippen molar-refractivity contribution < 1.29 is 0 Å². The number of pyridine rings is 1. The number of nitrogens with zero attached hydrogens (tertiary/aromatic N) is 5. The Balaban J connectivity index is 2.07. The van der Waals surface area contributed by atoms with Gasteiger partial charge in [-0.25, -0.2) is 9.67 Å². The van der Waals surface area contributed by atoms with Crippen molar-refractivity contribution in [3.63, 3.8) is 0 Å². The summed E-state index contributed by atoms with van der Waals surface area (Å²) < 4.78 is 1.71. The minimum atomic E-state index is 0.667. The van der Waals surface area contributed by atoms with E-state index < -0.39 is 0 Å². The minimum Gasteiger partial charge on any atom is -0.359 e. The van der Waals surface area contributed by atoms with Gasteiger partial charge in [0.05, 0.1) is 11.4 Å². The Hall–Kier alpha value is -3.22. The van der Waals surface area contributed by atoms with Crippen LogP contribution in [0.5, 0.6) is 0 Å². The third kappa shape index (κ3) is 3.18. The lowest BCUT2D eigenvalue weighted by Gasteiger charge is -2.14. The van der Waals surface area contributed by atoms with Crippen molar-refractivity contribution in [3.8, 4) is 16.8 Å². The first-order chi connectivity index (χ1) is 11.3. The Morgan fingerprint density at radius 3 is 2.74 bits per heavy atom. The summed E-state index contributed by atoms with van der Waals surface area (Å²) in [5, 5.41) is 10.5. The van der Waals surface area contributed by atoms with Crippen LogP contribution < -0.4 is 10.6 Å². The van der Waals surface area contributed by atoms with Gasteiger partial charge in [0.1, 0.15) is 12.7 Å². The molecule has 0 amide bonds. The smallest absolute Gasteiger partial charge is 0.195 e. The number of guanidine groups is 1. The van der Waals surface area contributed by atoms with E-state index in [1.54, 1.807) is 24.3 Å². The molecule has 0 bridgehead atoms. The summed E-state index contributed by atoms with van der Waals surface area (Å²) in [6.07, 6.45) is 6.76. The van der Waals surface area contributed by atoms with Gasteiger partial charge in [-0.3, -0.25) is 9.98 Å². The summed E-state index contributed by atoms with van der Waals surface area (Å²) in [6, 6.07) is 9.99. The maximum absolute atomic E-state index is 4.23. The molecule has 116 valence electrons. The van der Waals surface area contributed by atoms with Gasteiger partial charge in [-0.1, -0.05) is 12.1 Å². The first-order valence-electron chi connectivity index (χ1n) is 7.13. The molecule has 0 aliphatic heterocycles. The molecular formula is C16H17N7. The molecule has 0 spiro atoms. The molecule has 23 heavy (non-hydrogen) atoms. The van der Waals surface area contributed by atoms with E-state index in [0.29, 0.717) is 5.96 Å². The molecule has 0 aliphatic carbocycles. The van der Waals surface area contributed by atoms with Crippen LogP contribution in [0.1, 0.15) is 0 Å². The van der Waals surface area contributed by atoms with E-state index in [2.05, 4.69) is 30.7 Å². The molecular weight excluding hydrogens is 290 g/mol. The number of rotatable bonds is 3. The molecule has 1 aromatic carbocycles. The van der Waals surface area contributed by atoms with Gasteiger partial charge in [0, 0.05) is 32.1 Å². The molecule has 3 aromatic rings. The van der Waals surface area contributed by atoms with E-state index in [-0.39, 0.29) is 0 Å². The van der Waals surface area contributed by atoms with Gasteiger partial charge in [-0.15, -0.1) is 0 Å². The van der Waals surface area contributed by atoms with Gasteiger partial charge < -0.3 is 10.6 Å². The molecule has 0 atom stereocenters. The fourth-order valence-corrected chi connectivity index (χ4v) is 2.23. The molecule has 2 aromatic heterocycles. The van der Waals surface area contributed by atoms with Crippen LogP contribution in [0.4, 0.5) is 5.69 Å². The quantitative estimate of drug-likeness (QED) is 0.571. The lowest BCUT2D eigenvalue weighted by Crippen LogP contribution is -2.27. The zero-order valence-corrected chi connectivity index (χ0v) is 12.9. The molecule has 0 fully saturated rings. The van der Waals surface area contributed by atoms with E-state index in [1.165, 1.54) is 6.33 Å². The zero-order chi connectivity index (χ0) is 16.1. The van der Waals surface area contributed by atoms with E-state index in [4.69, 9.17) is 0 Å². The highest BCUT2D eigenvalue weighted by Gasteiger charge is 2.09. The molecule has 3 rings (SSSR count). The summed E-state index contributed by atoms with van der Waals surface area (Å²) in [4.78, 5) is 12.3. The third-order valence-corrected chi connectivity index (χ3v) is 3.37. The Morgan fingerprint density at radius 2 is 2.09 bits per heavy atom. The summed E-state index contributed by atoms with van der Waals surface area (Å²) >= 11 is 0. The van der Waals surface area contributed by atoms with Crippen LogP contribution in [0, 0.1) is 0 Å². The van der Waals surface area contributed by atoms with Gasteiger partial charge >= 0.3 is 0 Å². The van der Waals surface area contributed by atoms with Crippen molar-refractivity contribution in [1.82, 2.24) is 25.1 Å². The Kier molecular flexibility index (Phi) is 4.28. The number of anilines is 1. The molecule has 2 N–H and O–H groups in total. The SMILES string of the molecule is CN=C(NC)Nc1ccc(-c2cccnc2)cc1-n1cncn1. The predicted octanol–water partition coefficient (Wildman–Crippen LogP) is 1.95. The molecule has 0 aliphatic rings. The monoisotopic (exact) mass is 307 g/mol. The predicted molar refractivity (Wildman–Crippen MR) is 90.6 cm³/mol. The second-order valence-corrected chi connectivity index (χ2v) is 4.76.